The van der Waals surface area contributed by atoms with Crippen LogP contribution in [0, 0.1) is 6.92 Å². The Morgan fingerprint density at radius 1 is 1.16 bits per heavy atom. The molecule has 1 aromatic heterocycles. The molecule has 6 heteroatoms. The molecule has 0 saturated carbocycles. The summed E-state index contributed by atoms with van der Waals surface area (Å²) < 4.78 is 5.61. The first-order valence-corrected chi connectivity index (χ1v) is 8.34. The van der Waals surface area contributed by atoms with E-state index in [-0.39, 0.29) is 18.3 Å². The van der Waals surface area contributed by atoms with Gasteiger partial charge in [0.25, 0.3) is 0 Å². The first-order chi connectivity index (χ1) is 12.0. The third-order valence-corrected chi connectivity index (χ3v) is 4.13. The summed E-state index contributed by atoms with van der Waals surface area (Å²) in [6, 6.07) is 13.5. The van der Waals surface area contributed by atoms with Gasteiger partial charge in [-0.05, 0) is 49.2 Å². The summed E-state index contributed by atoms with van der Waals surface area (Å²) in [6.07, 6.45) is -0.612. The lowest BCUT2D eigenvalue weighted by Crippen LogP contribution is -2.33. The van der Waals surface area contributed by atoms with Crippen LogP contribution in [-0.2, 0) is 0 Å². The van der Waals surface area contributed by atoms with E-state index in [0.29, 0.717) is 6.54 Å². The Balaban J connectivity index is 1.51. The van der Waals surface area contributed by atoms with Gasteiger partial charge in [-0.2, -0.15) is 0 Å². The van der Waals surface area contributed by atoms with Crippen LogP contribution >= 0.6 is 0 Å². The molecule has 0 aliphatic carbocycles. The van der Waals surface area contributed by atoms with E-state index in [9.17, 15) is 9.90 Å². The Bertz CT molecular complexity index is 900. The third kappa shape index (κ3) is 4.49. The number of aliphatic hydroxyl groups excluding tert-OH is 1. The molecule has 0 radical (unpaired) electrons. The quantitative estimate of drug-likeness (QED) is 0.531. The Hall–Kier alpha value is -2.57. The van der Waals surface area contributed by atoms with Crippen molar-refractivity contribution in [2.45, 2.75) is 26.0 Å². The number of aryl methyl sites for hydroxylation is 1. The molecule has 0 aliphatic rings. The van der Waals surface area contributed by atoms with Crippen LogP contribution in [0.5, 0.6) is 5.75 Å². The number of imidazole rings is 1. The lowest BCUT2D eigenvalue weighted by atomic mass is 10.1. The van der Waals surface area contributed by atoms with Crippen LogP contribution in [0.1, 0.15) is 24.1 Å². The van der Waals surface area contributed by atoms with Crippen LogP contribution in [0.4, 0.5) is 0 Å². The van der Waals surface area contributed by atoms with Gasteiger partial charge in [0.2, 0.25) is 0 Å². The van der Waals surface area contributed by atoms with Crippen molar-refractivity contribution in [3.63, 3.8) is 0 Å². The molecule has 25 heavy (non-hydrogen) atoms. The molecule has 132 valence electrons. The number of hydrogen-bond acceptors (Lipinski definition) is 4. The molecule has 2 unspecified atom stereocenters. The molecule has 0 spiro atoms. The number of rotatable bonds is 7. The second kappa shape index (κ2) is 7.55. The van der Waals surface area contributed by atoms with Crippen molar-refractivity contribution in [3.8, 4) is 5.75 Å². The summed E-state index contributed by atoms with van der Waals surface area (Å²) in [6.45, 7) is 4.66. The molecule has 6 nitrogen and oxygen atoms in total. The minimum Gasteiger partial charge on any atom is -0.491 e. The minimum atomic E-state index is -0.612. The number of aromatic nitrogens is 2. The number of ether oxygens (including phenoxy) is 1. The van der Waals surface area contributed by atoms with E-state index >= 15 is 0 Å². The van der Waals surface area contributed by atoms with Crippen molar-refractivity contribution in [1.82, 2.24) is 15.3 Å². The van der Waals surface area contributed by atoms with Crippen LogP contribution in [0.3, 0.4) is 0 Å². The van der Waals surface area contributed by atoms with Crippen molar-refractivity contribution in [2.24, 2.45) is 0 Å². The van der Waals surface area contributed by atoms with Gasteiger partial charge in [-0.3, -0.25) is 0 Å². The first-order valence-electron chi connectivity index (χ1n) is 8.34. The zero-order valence-corrected chi connectivity index (χ0v) is 14.4. The van der Waals surface area contributed by atoms with E-state index in [0.717, 1.165) is 27.9 Å². The summed E-state index contributed by atoms with van der Waals surface area (Å²) in [7, 11) is 0. The van der Waals surface area contributed by atoms with Crippen LogP contribution in [-0.4, -0.2) is 34.3 Å². The van der Waals surface area contributed by atoms with Gasteiger partial charge in [-0.1, -0.05) is 18.2 Å². The van der Waals surface area contributed by atoms with Gasteiger partial charge >= 0.3 is 5.69 Å². The average Bonchev–Trinajstić information content (AvgIpc) is 2.97. The molecule has 0 fully saturated rings. The number of nitrogens with one attached hydrogen (secondary N) is 3. The normalized spacial score (nSPS) is 13.7. The monoisotopic (exact) mass is 341 g/mol. The lowest BCUT2D eigenvalue weighted by molar-refractivity contribution is 0.104. The van der Waals surface area contributed by atoms with Crippen LogP contribution in [0.15, 0.2) is 47.3 Å². The maximum Gasteiger partial charge on any atom is 0.323 e. The molecule has 4 N–H and O–H groups in total. The van der Waals surface area contributed by atoms with Gasteiger partial charge in [-0.25, -0.2) is 4.79 Å². The van der Waals surface area contributed by atoms with Gasteiger partial charge in [0, 0.05) is 12.6 Å². The fourth-order valence-electron chi connectivity index (χ4n) is 2.71. The number of aromatic amines is 2. The minimum absolute atomic E-state index is 0.0384. The lowest BCUT2D eigenvalue weighted by Gasteiger charge is -2.18. The number of benzene rings is 2. The predicted octanol–water partition coefficient (Wildman–Crippen LogP) is 2.26. The third-order valence-electron chi connectivity index (χ3n) is 4.13. The van der Waals surface area contributed by atoms with Gasteiger partial charge in [-0.15, -0.1) is 0 Å². The molecule has 1 heterocycles. The molecule has 0 amide bonds. The van der Waals surface area contributed by atoms with E-state index in [4.69, 9.17) is 4.74 Å². The average molecular weight is 341 g/mol. The van der Waals surface area contributed by atoms with Crippen LogP contribution in [0.2, 0.25) is 0 Å². The molecule has 3 rings (SSSR count). The van der Waals surface area contributed by atoms with Crippen molar-refractivity contribution < 1.29 is 9.84 Å². The van der Waals surface area contributed by atoms with Crippen LogP contribution in [0.25, 0.3) is 11.0 Å². The molecule has 0 aliphatic heterocycles. The molecular formula is C19H23N3O3. The summed E-state index contributed by atoms with van der Waals surface area (Å²) in [5.41, 5.74) is 3.51. The van der Waals surface area contributed by atoms with Crippen molar-refractivity contribution in [3.05, 3.63) is 64.1 Å². The van der Waals surface area contributed by atoms with E-state index < -0.39 is 6.10 Å². The summed E-state index contributed by atoms with van der Waals surface area (Å²) in [4.78, 5) is 16.8. The number of fused-ring (bicyclic) bond motifs is 1. The van der Waals surface area contributed by atoms with Crippen molar-refractivity contribution in [1.29, 1.82) is 0 Å². The number of hydrogen-bond donors (Lipinski definition) is 4. The fourth-order valence-corrected chi connectivity index (χ4v) is 2.71. The molecular weight excluding hydrogens is 318 g/mol. The Kier molecular flexibility index (Phi) is 5.21. The summed E-state index contributed by atoms with van der Waals surface area (Å²) in [5, 5.41) is 13.4. The highest BCUT2D eigenvalue weighted by atomic mass is 16.5. The smallest absolute Gasteiger partial charge is 0.323 e. The maximum atomic E-state index is 11.3. The summed E-state index contributed by atoms with van der Waals surface area (Å²) >= 11 is 0. The Morgan fingerprint density at radius 2 is 1.96 bits per heavy atom. The van der Waals surface area contributed by atoms with Gasteiger partial charge < -0.3 is 25.1 Å². The van der Waals surface area contributed by atoms with Crippen LogP contribution < -0.4 is 15.7 Å². The highest BCUT2D eigenvalue weighted by Gasteiger charge is 2.11. The highest BCUT2D eigenvalue weighted by Crippen LogP contribution is 2.17. The highest BCUT2D eigenvalue weighted by molar-refractivity contribution is 5.75. The fraction of sp³-hybridized carbons (Fsp3) is 0.316. The van der Waals surface area contributed by atoms with E-state index in [1.54, 1.807) is 0 Å². The standard InChI is InChI=1S/C19H23N3O3/c1-12-4-3-5-16(8-12)25-11-15(23)10-20-13(2)14-6-7-17-18(9-14)22-19(24)21-17/h3-9,13,15,20,23H,10-11H2,1-2H3,(H2,21,22,24). The second-order valence-electron chi connectivity index (χ2n) is 6.30. The number of H-pyrrole nitrogens is 2. The topological polar surface area (TPSA) is 90.1 Å². The zero-order chi connectivity index (χ0) is 17.8. The largest absolute Gasteiger partial charge is 0.491 e. The molecule has 0 saturated heterocycles. The first kappa shape index (κ1) is 17.3. The van der Waals surface area contributed by atoms with Gasteiger partial charge in [0.05, 0.1) is 11.0 Å². The molecule has 2 aromatic carbocycles. The summed E-state index contributed by atoms with van der Waals surface area (Å²) in [5.74, 6) is 0.758. The van der Waals surface area contributed by atoms with Crippen molar-refractivity contribution in [2.75, 3.05) is 13.2 Å². The van der Waals surface area contributed by atoms with E-state index in [2.05, 4.69) is 15.3 Å². The van der Waals surface area contributed by atoms with E-state index in [1.165, 1.54) is 0 Å². The molecule has 2 atom stereocenters. The molecule has 0 bridgehead atoms. The van der Waals surface area contributed by atoms with Gasteiger partial charge in [0.1, 0.15) is 18.5 Å². The Labute approximate surface area is 145 Å². The van der Waals surface area contributed by atoms with Crippen molar-refractivity contribution >= 4 is 11.0 Å². The second-order valence-corrected chi connectivity index (χ2v) is 6.30. The SMILES string of the molecule is Cc1cccc(OCC(O)CNC(C)c2ccc3[nH]c(=O)[nH]c3c2)c1. The maximum absolute atomic E-state index is 11.3. The number of aliphatic hydroxyl groups is 1. The molecule has 3 aromatic rings. The Morgan fingerprint density at radius 3 is 2.76 bits per heavy atom. The van der Waals surface area contributed by atoms with Gasteiger partial charge in [0.15, 0.2) is 0 Å². The van der Waals surface area contributed by atoms with E-state index in [1.807, 2.05) is 56.3 Å². The zero-order valence-electron chi connectivity index (χ0n) is 14.4. The predicted molar refractivity (Wildman–Crippen MR) is 98.0 cm³/mol.